The van der Waals surface area contributed by atoms with Gasteiger partial charge in [0.25, 0.3) is 0 Å². The van der Waals surface area contributed by atoms with E-state index in [-0.39, 0.29) is 0 Å². The van der Waals surface area contributed by atoms with Gasteiger partial charge in [0.1, 0.15) is 0 Å². The molecule has 0 aromatic rings. The molecule has 0 aromatic carbocycles. The summed E-state index contributed by atoms with van der Waals surface area (Å²) in [6.45, 7) is 1.56. The molecule has 0 bridgehead atoms. The number of carbonyl (C=O) groups is 1. The Balaban J connectivity index is 3.75. The third-order valence-electron chi connectivity index (χ3n) is 1.31. The number of carboxylic acid groups (broad SMARTS) is 1. The molecule has 0 rings (SSSR count). The Kier molecular flexibility index (Phi) is 3.94. The Morgan fingerprint density at radius 1 is 1.80 bits per heavy atom. The van der Waals surface area contributed by atoms with Crippen molar-refractivity contribution in [1.82, 2.24) is 0 Å². The predicted octanol–water partition coefficient (Wildman–Crippen LogP) is 0.349. The Bertz CT molecular complexity index is 125. The van der Waals surface area contributed by atoms with Gasteiger partial charge in [0.15, 0.2) is 0 Å². The molecule has 0 saturated heterocycles. The maximum absolute atomic E-state index is 10.4. The van der Waals surface area contributed by atoms with Gasteiger partial charge in [-0.05, 0) is 0 Å². The molecule has 0 spiro atoms. The molecule has 60 valence electrons. The molecule has 0 aliphatic heterocycles. The van der Waals surface area contributed by atoms with E-state index in [2.05, 4.69) is 5.82 Å². The van der Waals surface area contributed by atoms with Crippen LogP contribution in [-0.2, 0) is 4.79 Å². The first-order valence-corrected chi connectivity index (χ1v) is 5.94. The molecule has 0 aromatic heterocycles. The van der Waals surface area contributed by atoms with Gasteiger partial charge in [0.2, 0.25) is 0 Å². The molecule has 0 radical (unpaired) electrons. The molecule has 10 heavy (non-hydrogen) atoms. The van der Waals surface area contributed by atoms with E-state index in [0.717, 1.165) is 5.32 Å². The van der Waals surface area contributed by atoms with Crippen LogP contribution < -0.4 is 5.73 Å². The Morgan fingerprint density at radius 2 is 2.30 bits per heavy atom. The summed E-state index contributed by atoms with van der Waals surface area (Å²) in [5.74, 6) is 1.17. The van der Waals surface area contributed by atoms with E-state index < -0.39 is 11.5 Å². The number of aliphatic carboxylic acids is 1. The monoisotopic (exact) mass is 211 g/mol. The zero-order chi connectivity index (χ0) is 8.20. The normalized spacial score (nSPS) is 16.3. The first kappa shape index (κ1) is 9.95. The molecule has 0 unspecified atom stereocenters. The van der Waals surface area contributed by atoms with Gasteiger partial charge in [0, 0.05) is 0 Å². The van der Waals surface area contributed by atoms with Crippen molar-refractivity contribution >= 4 is 20.9 Å². The summed E-state index contributed by atoms with van der Waals surface area (Å²) < 4.78 is 0. The molecule has 4 heteroatoms. The van der Waals surface area contributed by atoms with Gasteiger partial charge in [-0.3, -0.25) is 0 Å². The Morgan fingerprint density at radius 3 is 2.60 bits per heavy atom. The zero-order valence-electron chi connectivity index (χ0n) is 6.26. The second kappa shape index (κ2) is 3.96. The fourth-order valence-electron chi connectivity index (χ4n) is 0.421. The van der Waals surface area contributed by atoms with Gasteiger partial charge in [0.05, 0.1) is 0 Å². The molecular weight excluding hydrogens is 197 g/mol. The standard InChI is InChI=1S/C6H13NO2Se/c1-6(7,5(8)9)3-4-10-2/h3-4,7H2,1-2H3,(H,8,9)/t6-/m0/s1. The van der Waals surface area contributed by atoms with Crippen LogP contribution in [0.15, 0.2) is 0 Å². The van der Waals surface area contributed by atoms with Crippen molar-refractivity contribution in [1.29, 1.82) is 0 Å². The summed E-state index contributed by atoms with van der Waals surface area (Å²) in [5.41, 5.74) is 4.44. The van der Waals surface area contributed by atoms with Crippen molar-refractivity contribution in [3.05, 3.63) is 0 Å². The van der Waals surface area contributed by atoms with Crippen molar-refractivity contribution in [2.24, 2.45) is 5.73 Å². The number of hydrogen-bond donors (Lipinski definition) is 2. The minimum absolute atomic E-state index is 0.524. The summed E-state index contributed by atoms with van der Waals surface area (Å²) in [5, 5.41) is 9.49. The second-order valence-electron chi connectivity index (χ2n) is 2.47. The first-order valence-electron chi connectivity index (χ1n) is 3.02. The summed E-state index contributed by atoms with van der Waals surface area (Å²) in [6.07, 6.45) is 0.582. The van der Waals surface area contributed by atoms with Crippen LogP contribution in [0.5, 0.6) is 0 Å². The van der Waals surface area contributed by atoms with Crippen molar-refractivity contribution in [3.63, 3.8) is 0 Å². The molecule has 0 heterocycles. The average molecular weight is 210 g/mol. The van der Waals surface area contributed by atoms with Crippen molar-refractivity contribution in [2.45, 2.75) is 30.0 Å². The SMILES string of the molecule is C[Se]CC[C@](C)(N)C(=O)O. The van der Waals surface area contributed by atoms with E-state index in [1.54, 1.807) is 6.92 Å². The molecule has 0 amide bonds. The van der Waals surface area contributed by atoms with Gasteiger partial charge in [-0.15, -0.1) is 0 Å². The number of nitrogens with two attached hydrogens (primary N) is 1. The van der Waals surface area contributed by atoms with Gasteiger partial charge in [-0.2, -0.15) is 0 Å². The topological polar surface area (TPSA) is 63.3 Å². The van der Waals surface area contributed by atoms with E-state index in [9.17, 15) is 4.79 Å². The molecular formula is C6H13NO2Se. The molecule has 0 saturated carbocycles. The van der Waals surface area contributed by atoms with Gasteiger partial charge in [-0.1, -0.05) is 0 Å². The summed E-state index contributed by atoms with van der Waals surface area (Å²) in [4.78, 5) is 10.4. The molecule has 3 nitrogen and oxygen atoms in total. The van der Waals surface area contributed by atoms with Crippen LogP contribution in [0.2, 0.25) is 11.1 Å². The Hall–Kier alpha value is -0.0505. The van der Waals surface area contributed by atoms with Gasteiger partial charge in [-0.25, -0.2) is 0 Å². The van der Waals surface area contributed by atoms with Crippen molar-refractivity contribution in [2.75, 3.05) is 0 Å². The fraction of sp³-hybridized carbons (Fsp3) is 0.833. The third kappa shape index (κ3) is 3.20. The number of rotatable bonds is 4. The van der Waals surface area contributed by atoms with E-state index in [0.29, 0.717) is 21.4 Å². The van der Waals surface area contributed by atoms with Gasteiger partial charge < -0.3 is 0 Å². The Labute approximate surface area is 67.1 Å². The molecule has 0 aliphatic rings. The van der Waals surface area contributed by atoms with Crippen LogP contribution in [0.4, 0.5) is 0 Å². The number of carboxylic acids is 1. The van der Waals surface area contributed by atoms with E-state index in [4.69, 9.17) is 10.8 Å². The van der Waals surface area contributed by atoms with Crippen LogP contribution in [0.1, 0.15) is 13.3 Å². The summed E-state index contributed by atoms with van der Waals surface area (Å²) >= 11 is 0.524. The van der Waals surface area contributed by atoms with Crippen LogP contribution >= 0.6 is 0 Å². The second-order valence-corrected chi connectivity index (χ2v) is 4.53. The molecule has 1 atom stereocenters. The average Bonchev–Trinajstić information content (AvgIpc) is 1.84. The third-order valence-corrected chi connectivity index (χ3v) is 2.60. The van der Waals surface area contributed by atoms with E-state index >= 15 is 0 Å². The van der Waals surface area contributed by atoms with Crippen molar-refractivity contribution in [3.8, 4) is 0 Å². The molecule has 0 fully saturated rings. The summed E-state index contributed by atoms with van der Waals surface area (Å²) in [6, 6.07) is 0. The van der Waals surface area contributed by atoms with Crippen LogP contribution in [0.25, 0.3) is 0 Å². The summed E-state index contributed by atoms with van der Waals surface area (Å²) in [7, 11) is 0. The zero-order valence-corrected chi connectivity index (χ0v) is 7.97. The number of hydrogen-bond acceptors (Lipinski definition) is 2. The molecule has 3 N–H and O–H groups in total. The van der Waals surface area contributed by atoms with Crippen LogP contribution in [0, 0.1) is 0 Å². The predicted molar refractivity (Wildman–Crippen MR) is 41.3 cm³/mol. The van der Waals surface area contributed by atoms with Crippen molar-refractivity contribution < 1.29 is 9.90 Å². The van der Waals surface area contributed by atoms with Crippen LogP contribution in [-0.4, -0.2) is 31.6 Å². The van der Waals surface area contributed by atoms with Gasteiger partial charge >= 0.3 is 66.6 Å². The molecule has 0 aliphatic carbocycles. The fourth-order valence-corrected chi connectivity index (χ4v) is 1.74. The quantitative estimate of drug-likeness (QED) is 0.658. The van der Waals surface area contributed by atoms with E-state index in [1.807, 2.05) is 0 Å². The maximum atomic E-state index is 10.4. The van der Waals surface area contributed by atoms with Crippen LogP contribution in [0.3, 0.4) is 0 Å². The minimum atomic E-state index is -1.02. The van der Waals surface area contributed by atoms with E-state index in [1.165, 1.54) is 0 Å². The first-order chi connectivity index (χ1) is 4.50.